The zero-order valence-electron chi connectivity index (χ0n) is 15.7. The minimum absolute atomic E-state index is 0.0316. The summed E-state index contributed by atoms with van der Waals surface area (Å²) in [6.45, 7) is 0.104. The molecule has 0 aromatic heterocycles. The van der Waals surface area contributed by atoms with Crippen LogP contribution in [0.1, 0.15) is 38.5 Å². The van der Waals surface area contributed by atoms with Gasteiger partial charge >= 0.3 is 0 Å². The molecule has 140 valence electrons. The average molecular weight is 361 g/mol. The quantitative estimate of drug-likeness (QED) is 0.829. The van der Waals surface area contributed by atoms with Crippen LogP contribution in [0.2, 0.25) is 0 Å². The second-order valence-electron chi connectivity index (χ2n) is 8.93. The molecule has 4 fully saturated rings. The Hall–Kier alpha value is -2.29. The fourth-order valence-electron chi connectivity index (χ4n) is 6.12. The number of carbonyl (C=O) groups is 1. The molecule has 0 heterocycles. The highest BCUT2D eigenvalue weighted by Gasteiger charge is 2.51. The van der Waals surface area contributed by atoms with Crippen LogP contribution >= 0.6 is 0 Å². The Labute approximate surface area is 161 Å². The smallest absolute Gasteiger partial charge is 0.258 e. The third-order valence-electron chi connectivity index (χ3n) is 6.77. The molecule has 0 unspecified atom stereocenters. The lowest BCUT2D eigenvalue weighted by Crippen LogP contribution is -2.60. The van der Waals surface area contributed by atoms with Gasteiger partial charge in [-0.25, -0.2) is 0 Å². The van der Waals surface area contributed by atoms with E-state index in [1.54, 1.807) is 0 Å². The van der Waals surface area contributed by atoms with Crippen LogP contribution in [0.5, 0.6) is 5.75 Å². The molecule has 2 aromatic rings. The van der Waals surface area contributed by atoms with E-state index in [4.69, 9.17) is 4.74 Å². The maximum Gasteiger partial charge on any atom is 0.258 e. The Kier molecular flexibility index (Phi) is 4.18. The topological polar surface area (TPSA) is 38.3 Å². The van der Waals surface area contributed by atoms with Crippen LogP contribution in [0.25, 0.3) is 11.1 Å². The van der Waals surface area contributed by atoms with Crippen molar-refractivity contribution in [3.63, 3.8) is 0 Å². The van der Waals surface area contributed by atoms with E-state index in [1.165, 1.54) is 44.1 Å². The van der Waals surface area contributed by atoms with E-state index >= 15 is 0 Å². The predicted molar refractivity (Wildman–Crippen MR) is 106 cm³/mol. The normalized spacial score (nSPS) is 30.9. The number of nitrogens with one attached hydrogen (secondary N) is 1. The lowest BCUT2D eigenvalue weighted by atomic mass is 9.53. The fourth-order valence-corrected chi connectivity index (χ4v) is 6.12. The standard InChI is InChI=1S/C24H27NO2/c26-23(25-24-13-17-10-18(14-24)12-19(11-17)15-24)16-27-22-8-6-21(7-9-22)20-4-2-1-3-5-20/h1-9,17-19H,10-16H2,(H,25,26). The molecule has 2 aromatic carbocycles. The van der Waals surface area contributed by atoms with Gasteiger partial charge in [0.25, 0.3) is 5.91 Å². The molecule has 3 nitrogen and oxygen atoms in total. The van der Waals surface area contributed by atoms with E-state index < -0.39 is 0 Å². The molecule has 0 saturated heterocycles. The number of amides is 1. The Bertz CT molecular complexity index is 777. The first-order valence-corrected chi connectivity index (χ1v) is 10.3. The van der Waals surface area contributed by atoms with Crippen molar-refractivity contribution in [2.75, 3.05) is 6.61 Å². The lowest BCUT2D eigenvalue weighted by molar-refractivity contribution is -0.128. The maximum atomic E-state index is 12.6. The summed E-state index contributed by atoms with van der Waals surface area (Å²) in [4.78, 5) is 12.6. The van der Waals surface area contributed by atoms with Crippen molar-refractivity contribution >= 4 is 5.91 Å². The van der Waals surface area contributed by atoms with Gasteiger partial charge in [-0.05, 0) is 79.5 Å². The summed E-state index contributed by atoms with van der Waals surface area (Å²) in [6, 6.07) is 18.3. The van der Waals surface area contributed by atoms with E-state index in [1.807, 2.05) is 42.5 Å². The van der Waals surface area contributed by atoms with E-state index in [0.717, 1.165) is 29.1 Å². The Morgan fingerprint density at radius 1 is 0.852 bits per heavy atom. The highest BCUT2D eigenvalue weighted by molar-refractivity contribution is 5.78. The van der Waals surface area contributed by atoms with Crippen LogP contribution in [0.3, 0.4) is 0 Å². The molecule has 0 atom stereocenters. The molecule has 27 heavy (non-hydrogen) atoms. The third-order valence-corrected chi connectivity index (χ3v) is 6.77. The molecule has 6 rings (SSSR count). The van der Waals surface area contributed by atoms with Gasteiger partial charge in [0.2, 0.25) is 0 Å². The number of benzene rings is 2. The Balaban J connectivity index is 1.18. The van der Waals surface area contributed by atoms with Crippen molar-refractivity contribution in [1.29, 1.82) is 0 Å². The Morgan fingerprint density at radius 2 is 1.41 bits per heavy atom. The number of ether oxygens (including phenoxy) is 1. The van der Waals surface area contributed by atoms with E-state index in [2.05, 4.69) is 17.4 Å². The highest BCUT2D eigenvalue weighted by atomic mass is 16.5. The Morgan fingerprint density at radius 3 is 2.00 bits per heavy atom. The zero-order valence-corrected chi connectivity index (χ0v) is 15.7. The molecule has 1 amide bonds. The maximum absolute atomic E-state index is 12.6. The van der Waals surface area contributed by atoms with Crippen LogP contribution in [-0.4, -0.2) is 18.1 Å². The van der Waals surface area contributed by atoms with Crippen LogP contribution in [0.15, 0.2) is 54.6 Å². The first-order valence-electron chi connectivity index (χ1n) is 10.3. The molecule has 4 aliphatic rings. The molecular formula is C24H27NO2. The number of carbonyl (C=O) groups excluding carboxylic acids is 1. The predicted octanol–water partition coefficient (Wildman–Crippen LogP) is 4.82. The van der Waals surface area contributed by atoms with Crippen molar-refractivity contribution in [1.82, 2.24) is 5.32 Å². The minimum atomic E-state index is 0.0316. The second kappa shape index (κ2) is 6.70. The second-order valence-corrected chi connectivity index (χ2v) is 8.93. The van der Waals surface area contributed by atoms with Crippen LogP contribution in [0, 0.1) is 17.8 Å². The monoisotopic (exact) mass is 361 g/mol. The largest absolute Gasteiger partial charge is 0.484 e. The summed E-state index contributed by atoms with van der Waals surface area (Å²) in [5, 5.41) is 3.37. The third kappa shape index (κ3) is 3.47. The van der Waals surface area contributed by atoms with Crippen molar-refractivity contribution in [3.05, 3.63) is 54.6 Å². The summed E-state index contributed by atoms with van der Waals surface area (Å²) in [7, 11) is 0. The van der Waals surface area contributed by atoms with E-state index in [0.29, 0.717) is 0 Å². The molecule has 4 bridgehead atoms. The minimum Gasteiger partial charge on any atom is -0.484 e. The summed E-state index contributed by atoms with van der Waals surface area (Å²) in [5.74, 6) is 3.29. The van der Waals surface area contributed by atoms with Gasteiger partial charge in [-0.15, -0.1) is 0 Å². The van der Waals surface area contributed by atoms with Gasteiger partial charge < -0.3 is 10.1 Å². The van der Waals surface area contributed by atoms with Gasteiger partial charge in [0.1, 0.15) is 5.75 Å². The van der Waals surface area contributed by atoms with E-state index in [9.17, 15) is 4.79 Å². The van der Waals surface area contributed by atoms with Gasteiger partial charge in [0.05, 0.1) is 0 Å². The molecule has 1 N–H and O–H groups in total. The van der Waals surface area contributed by atoms with Crippen LogP contribution < -0.4 is 10.1 Å². The first-order chi connectivity index (χ1) is 13.2. The summed E-state index contributed by atoms with van der Waals surface area (Å²) in [5.41, 5.74) is 2.40. The first kappa shape index (κ1) is 16.9. The van der Waals surface area contributed by atoms with Crippen LogP contribution in [0.4, 0.5) is 0 Å². The van der Waals surface area contributed by atoms with Gasteiger partial charge in [0, 0.05) is 5.54 Å². The van der Waals surface area contributed by atoms with Gasteiger partial charge in [0.15, 0.2) is 6.61 Å². The zero-order chi connectivity index (χ0) is 18.3. The van der Waals surface area contributed by atoms with Crippen molar-refractivity contribution in [2.45, 2.75) is 44.1 Å². The van der Waals surface area contributed by atoms with Gasteiger partial charge in [-0.1, -0.05) is 42.5 Å². The molecule has 4 aliphatic carbocycles. The summed E-state index contributed by atoms with van der Waals surface area (Å²) >= 11 is 0. The SMILES string of the molecule is O=C(COc1ccc(-c2ccccc2)cc1)NC12CC3CC(CC(C3)C1)C2. The number of hydrogen-bond donors (Lipinski definition) is 1. The van der Waals surface area contributed by atoms with Crippen molar-refractivity contribution < 1.29 is 9.53 Å². The summed E-state index contributed by atoms with van der Waals surface area (Å²) in [6.07, 6.45) is 7.70. The van der Waals surface area contributed by atoms with E-state index in [-0.39, 0.29) is 18.1 Å². The number of hydrogen-bond acceptors (Lipinski definition) is 2. The van der Waals surface area contributed by atoms with Gasteiger partial charge in [-0.2, -0.15) is 0 Å². The molecule has 0 radical (unpaired) electrons. The lowest BCUT2D eigenvalue weighted by Gasteiger charge is -2.56. The molecule has 3 heteroatoms. The highest BCUT2D eigenvalue weighted by Crippen LogP contribution is 2.55. The molecule has 0 aliphatic heterocycles. The molecular weight excluding hydrogens is 334 g/mol. The van der Waals surface area contributed by atoms with Crippen molar-refractivity contribution in [3.8, 4) is 16.9 Å². The van der Waals surface area contributed by atoms with Gasteiger partial charge in [-0.3, -0.25) is 4.79 Å². The molecule has 4 saturated carbocycles. The average Bonchev–Trinajstić information content (AvgIpc) is 2.66. The van der Waals surface area contributed by atoms with Crippen molar-refractivity contribution in [2.24, 2.45) is 17.8 Å². The fraction of sp³-hybridized carbons (Fsp3) is 0.458. The van der Waals surface area contributed by atoms with Crippen LogP contribution in [-0.2, 0) is 4.79 Å². The summed E-state index contributed by atoms with van der Waals surface area (Å²) < 4.78 is 5.76. The number of rotatable bonds is 5. The molecule has 0 spiro atoms.